The highest BCUT2D eigenvalue weighted by molar-refractivity contribution is 5.35. The largest absolute Gasteiger partial charge is 0.461 e. The number of anilines is 2. The van der Waals surface area contributed by atoms with Gasteiger partial charge in [-0.3, -0.25) is 10.4 Å². The van der Waals surface area contributed by atoms with E-state index in [1.807, 2.05) is 26.0 Å². The van der Waals surface area contributed by atoms with Gasteiger partial charge in [-0.2, -0.15) is 15.0 Å². The zero-order chi connectivity index (χ0) is 15.1. The van der Waals surface area contributed by atoms with E-state index in [1.54, 1.807) is 12.4 Å². The van der Waals surface area contributed by atoms with Gasteiger partial charge in [0.15, 0.2) is 0 Å². The van der Waals surface area contributed by atoms with Crippen LogP contribution in [0.25, 0.3) is 0 Å². The Morgan fingerprint density at radius 1 is 1.14 bits per heavy atom. The fourth-order valence-electron chi connectivity index (χ4n) is 1.63. The number of aromatic nitrogens is 4. The number of nitrogens with two attached hydrogens (primary N) is 1. The van der Waals surface area contributed by atoms with E-state index in [9.17, 15) is 0 Å². The molecule has 8 nitrogen and oxygen atoms in total. The van der Waals surface area contributed by atoms with Gasteiger partial charge in [-0.1, -0.05) is 0 Å². The molecule has 0 radical (unpaired) electrons. The SMILES string of the molecule is CC(C)Oc1nc(NN)nc(NCCc2ccncc2)n1. The van der Waals surface area contributed by atoms with Crippen molar-refractivity contribution in [2.24, 2.45) is 5.84 Å². The predicted octanol–water partition coefficient (Wildman–Crippen LogP) is 0.994. The van der Waals surface area contributed by atoms with Crippen LogP contribution < -0.4 is 21.3 Å². The van der Waals surface area contributed by atoms with Crippen LogP contribution in [0.2, 0.25) is 0 Å². The van der Waals surface area contributed by atoms with E-state index >= 15 is 0 Å². The molecule has 2 aromatic rings. The van der Waals surface area contributed by atoms with Crippen LogP contribution in [0.3, 0.4) is 0 Å². The van der Waals surface area contributed by atoms with Crippen LogP contribution >= 0.6 is 0 Å². The Bertz CT molecular complexity index is 562. The molecule has 0 spiro atoms. The standard InChI is InChI=1S/C13H19N7O/c1-9(2)21-13-18-11(17-12(19-13)20-14)16-8-5-10-3-6-15-7-4-10/h3-4,6-7,9H,5,8,14H2,1-2H3,(H2,16,17,18,19,20). The quantitative estimate of drug-likeness (QED) is 0.511. The highest BCUT2D eigenvalue weighted by Crippen LogP contribution is 2.12. The number of hydrogen-bond donors (Lipinski definition) is 3. The first kappa shape index (κ1) is 14.9. The number of hydrazine groups is 1. The summed E-state index contributed by atoms with van der Waals surface area (Å²) in [5.74, 6) is 6.02. The fraction of sp³-hybridized carbons (Fsp3) is 0.385. The summed E-state index contributed by atoms with van der Waals surface area (Å²) in [6.45, 7) is 4.48. The lowest BCUT2D eigenvalue weighted by Gasteiger charge is -2.11. The Kier molecular flexibility index (Phi) is 5.22. The molecule has 0 aromatic carbocycles. The molecular weight excluding hydrogens is 270 g/mol. The molecule has 2 aromatic heterocycles. The third-order valence-electron chi connectivity index (χ3n) is 2.53. The summed E-state index contributed by atoms with van der Waals surface area (Å²) in [6.07, 6.45) is 4.34. The minimum absolute atomic E-state index is 0.0253. The van der Waals surface area contributed by atoms with E-state index in [0.717, 1.165) is 6.42 Å². The van der Waals surface area contributed by atoms with E-state index in [4.69, 9.17) is 10.6 Å². The van der Waals surface area contributed by atoms with E-state index in [0.29, 0.717) is 12.5 Å². The highest BCUT2D eigenvalue weighted by atomic mass is 16.5. The van der Waals surface area contributed by atoms with Crippen molar-refractivity contribution in [3.8, 4) is 6.01 Å². The van der Waals surface area contributed by atoms with Crippen molar-refractivity contribution < 1.29 is 4.74 Å². The number of nitrogens with zero attached hydrogens (tertiary/aromatic N) is 4. The van der Waals surface area contributed by atoms with Gasteiger partial charge in [0.1, 0.15) is 0 Å². The van der Waals surface area contributed by atoms with Crippen molar-refractivity contribution >= 4 is 11.9 Å². The molecule has 4 N–H and O–H groups in total. The summed E-state index contributed by atoms with van der Waals surface area (Å²) >= 11 is 0. The van der Waals surface area contributed by atoms with Crippen molar-refractivity contribution in [1.29, 1.82) is 0 Å². The van der Waals surface area contributed by atoms with Crippen LogP contribution in [0.1, 0.15) is 19.4 Å². The Labute approximate surface area is 123 Å². The maximum absolute atomic E-state index is 5.46. The van der Waals surface area contributed by atoms with Gasteiger partial charge < -0.3 is 10.1 Å². The zero-order valence-electron chi connectivity index (χ0n) is 12.1. The summed E-state index contributed by atoms with van der Waals surface area (Å²) in [5, 5.41) is 3.12. The molecule has 0 bridgehead atoms. The van der Waals surface area contributed by atoms with Crippen LogP contribution in [0.15, 0.2) is 24.5 Å². The van der Waals surface area contributed by atoms with Crippen LogP contribution in [0, 0.1) is 0 Å². The van der Waals surface area contributed by atoms with Gasteiger partial charge in [0, 0.05) is 18.9 Å². The van der Waals surface area contributed by atoms with Crippen molar-refractivity contribution in [2.45, 2.75) is 26.4 Å². The second kappa shape index (κ2) is 7.34. The zero-order valence-corrected chi connectivity index (χ0v) is 12.1. The normalized spacial score (nSPS) is 10.5. The van der Waals surface area contributed by atoms with Gasteiger partial charge >= 0.3 is 6.01 Å². The number of hydrogen-bond acceptors (Lipinski definition) is 8. The van der Waals surface area contributed by atoms with Crippen molar-refractivity contribution in [1.82, 2.24) is 19.9 Å². The average Bonchev–Trinajstić information content (AvgIpc) is 2.47. The third-order valence-corrected chi connectivity index (χ3v) is 2.53. The van der Waals surface area contributed by atoms with E-state index in [-0.39, 0.29) is 18.1 Å². The number of ether oxygens (including phenoxy) is 1. The lowest BCUT2D eigenvalue weighted by Crippen LogP contribution is -2.17. The van der Waals surface area contributed by atoms with Gasteiger partial charge in [0.25, 0.3) is 0 Å². The number of pyridine rings is 1. The molecule has 0 atom stereocenters. The van der Waals surface area contributed by atoms with E-state index < -0.39 is 0 Å². The smallest absolute Gasteiger partial charge is 0.323 e. The van der Waals surface area contributed by atoms with Gasteiger partial charge in [0.2, 0.25) is 11.9 Å². The average molecular weight is 289 g/mol. The Morgan fingerprint density at radius 3 is 2.52 bits per heavy atom. The lowest BCUT2D eigenvalue weighted by atomic mass is 10.2. The first-order valence-electron chi connectivity index (χ1n) is 6.69. The Balaban J connectivity index is 1.98. The van der Waals surface area contributed by atoms with E-state index in [1.165, 1.54) is 5.56 Å². The van der Waals surface area contributed by atoms with Crippen LogP contribution in [0.4, 0.5) is 11.9 Å². The van der Waals surface area contributed by atoms with Gasteiger partial charge in [-0.25, -0.2) is 5.84 Å². The van der Waals surface area contributed by atoms with Gasteiger partial charge in [-0.15, -0.1) is 0 Å². The number of rotatable bonds is 7. The second-order valence-corrected chi connectivity index (χ2v) is 4.61. The van der Waals surface area contributed by atoms with Crippen molar-refractivity contribution in [3.63, 3.8) is 0 Å². The summed E-state index contributed by atoms with van der Waals surface area (Å²) in [5.41, 5.74) is 3.58. The molecule has 112 valence electrons. The molecule has 0 amide bonds. The third kappa shape index (κ3) is 4.84. The molecule has 0 saturated heterocycles. The molecule has 0 aliphatic rings. The highest BCUT2D eigenvalue weighted by Gasteiger charge is 2.08. The Morgan fingerprint density at radius 2 is 1.86 bits per heavy atom. The topological polar surface area (TPSA) is 111 Å². The number of nitrogens with one attached hydrogen (secondary N) is 2. The minimum Gasteiger partial charge on any atom is -0.461 e. The summed E-state index contributed by atoms with van der Waals surface area (Å²) in [4.78, 5) is 16.3. The summed E-state index contributed by atoms with van der Waals surface area (Å²) in [6, 6.07) is 4.17. The van der Waals surface area contributed by atoms with Crippen molar-refractivity contribution in [2.75, 3.05) is 17.3 Å². The first-order chi connectivity index (χ1) is 10.2. The van der Waals surface area contributed by atoms with Crippen LogP contribution in [-0.2, 0) is 6.42 Å². The van der Waals surface area contributed by atoms with Crippen LogP contribution in [0.5, 0.6) is 6.01 Å². The molecule has 0 aliphatic heterocycles. The molecule has 0 saturated carbocycles. The molecule has 0 aliphatic carbocycles. The predicted molar refractivity (Wildman–Crippen MR) is 79.8 cm³/mol. The Hall–Kier alpha value is -2.48. The molecule has 8 heteroatoms. The minimum atomic E-state index is -0.0253. The second-order valence-electron chi connectivity index (χ2n) is 4.61. The molecule has 0 fully saturated rings. The molecule has 2 rings (SSSR count). The van der Waals surface area contributed by atoms with Gasteiger partial charge in [0.05, 0.1) is 6.10 Å². The lowest BCUT2D eigenvalue weighted by molar-refractivity contribution is 0.222. The molecule has 21 heavy (non-hydrogen) atoms. The molecule has 2 heterocycles. The summed E-state index contributed by atoms with van der Waals surface area (Å²) < 4.78 is 5.46. The first-order valence-corrected chi connectivity index (χ1v) is 6.69. The molecular formula is C13H19N7O. The van der Waals surface area contributed by atoms with Gasteiger partial charge in [-0.05, 0) is 38.0 Å². The maximum atomic E-state index is 5.46. The van der Waals surface area contributed by atoms with Crippen molar-refractivity contribution in [3.05, 3.63) is 30.1 Å². The maximum Gasteiger partial charge on any atom is 0.323 e. The van der Waals surface area contributed by atoms with Crippen LogP contribution in [-0.4, -0.2) is 32.6 Å². The monoisotopic (exact) mass is 289 g/mol. The molecule has 0 unspecified atom stereocenters. The van der Waals surface area contributed by atoms with E-state index in [2.05, 4.69) is 30.7 Å². The fourth-order valence-corrected chi connectivity index (χ4v) is 1.63. The number of nitrogen functional groups attached to an aromatic ring is 1. The summed E-state index contributed by atoms with van der Waals surface area (Å²) in [7, 11) is 0.